The largest absolute Gasteiger partial charge is 0.496 e. The van der Waals surface area contributed by atoms with E-state index >= 15 is 0 Å². The summed E-state index contributed by atoms with van der Waals surface area (Å²) in [4.78, 5) is 22.1. The van der Waals surface area contributed by atoms with Crippen molar-refractivity contribution in [3.63, 3.8) is 0 Å². The third-order valence-corrected chi connectivity index (χ3v) is 2.35. The van der Waals surface area contributed by atoms with E-state index in [4.69, 9.17) is 9.84 Å². The lowest BCUT2D eigenvalue weighted by atomic mass is 9.99. The molecule has 0 saturated heterocycles. The Bertz CT molecular complexity index is 435. The van der Waals surface area contributed by atoms with E-state index in [1.807, 2.05) is 6.92 Å². The van der Waals surface area contributed by atoms with Crippen molar-refractivity contribution in [3.8, 4) is 5.75 Å². The van der Waals surface area contributed by atoms with E-state index in [0.29, 0.717) is 11.3 Å². The van der Waals surface area contributed by atoms with Crippen LogP contribution >= 0.6 is 0 Å². The smallest absolute Gasteiger partial charge is 0.311 e. The molecule has 0 fully saturated rings. The van der Waals surface area contributed by atoms with Crippen LogP contribution in [0.4, 0.5) is 0 Å². The normalized spacial score (nSPS) is 9.94. The molecule has 0 heterocycles. The summed E-state index contributed by atoms with van der Waals surface area (Å²) in [5.41, 5.74) is 2.00. The predicted octanol–water partition coefficient (Wildman–Crippen LogP) is 1.97. The predicted molar refractivity (Wildman–Crippen MR) is 59.1 cm³/mol. The van der Waals surface area contributed by atoms with Gasteiger partial charge in [-0.15, -0.1) is 0 Å². The van der Waals surface area contributed by atoms with Crippen LogP contribution in [0.15, 0.2) is 12.1 Å². The molecule has 1 aromatic carbocycles. The third-order valence-electron chi connectivity index (χ3n) is 2.35. The number of rotatable bonds is 4. The van der Waals surface area contributed by atoms with Crippen LogP contribution in [0.2, 0.25) is 0 Å². The summed E-state index contributed by atoms with van der Waals surface area (Å²) in [5.74, 6) is -0.794. The van der Waals surface area contributed by atoms with Crippen molar-refractivity contribution in [2.24, 2.45) is 0 Å². The fraction of sp³-hybridized carbons (Fsp3) is 0.333. The van der Waals surface area contributed by atoms with E-state index in [9.17, 15) is 9.59 Å². The monoisotopic (exact) mass is 222 g/mol. The van der Waals surface area contributed by atoms with E-state index < -0.39 is 12.4 Å². The number of hydrogen-bond acceptors (Lipinski definition) is 3. The van der Waals surface area contributed by atoms with Gasteiger partial charge in [0.15, 0.2) is 5.78 Å². The molecule has 1 rings (SSSR count). The lowest BCUT2D eigenvalue weighted by molar-refractivity contribution is -0.135. The summed E-state index contributed by atoms with van der Waals surface area (Å²) >= 11 is 0. The second-order valence-corrected chi connectivity index (χ2v) is 3.63. The Kier molecular flexibility index (Phi) is 3.66. The lowest BCUT2D eigenvalue weighted by Gasteiger charge is -2.09. The number of carbonyl (C=O) groups excluding carboxylic acids is 1. The summed E-state index contributed by atoms with van der Waals surface area (Å²) in [7, 11) is 1.56. The molecule has 0 aliphatic rings. The van der Waals surface area contributed by atoms with Gasteiger partial charge in [0.05, 0.1) is 7.11 Å². The van der Waals surface area contributed by atoms with Gasteiger partial charge in [-0.05, 0) is 37.1 Å². The average Bonchev–Trinajstić information content (AvgIpc) is 2.19. The highest BCUT2D eigenvalue weighted by Gasteiger charge is 2.14. The van der Waals surface area contributed by atoms with E-state index in [1.54, 1.807) is 26.2 Å². The van der Waals surface area contributed by atoms with Crippen LogP contribution < -0.4 is 4.74 Å². The van der Waals surface area contributed by atoms with E-state index in [2.05, 4.69) is 0 Å². The molecule has 0 atom stereocenters. The van der Waals surface area contributed by atoms with Crippen LogP contribution in [0.25, 0.3) is 0 Å². The number of carboxylic acid groups (broad SMARTS) is 1. The van der Waals surface area contributed by atoms with Crippen LogP contribution in [-0.2, 0) is 4.79 Å². The van der Waals surface area contributed by atoms with Crippen LogP contribution in [0.1, 0.15) is 27.9 Å². The zero-order chi connectivity index (χ0) is 12.3. The maximum atomic E-state index is 11.6. The molecule has 0 aromatic heterocycles. The standard InChI is InChI=1S/C12H14O4/c1-7-5-11(16-3)8(2)4-9(7)10(13)6-12(14)15/h4-5H,6H2,1-3H3,(H,14,15). The summed E-state index contributed by atoms with van der Waals surface area (Å²) in [6.07, 6.45) is -0.480. The van der Waals surface area contributed by atoms with E-state index in [-0.39, 0.29) is 5.78 Å². The minimum atomic E-state index is -1.11. The summed E-state index contributed by atoms with van der Waals surface area (Å²) in [5, 5.41) is 8.56. The average molecular weight is 222 g/mol. The fourth-order valence-corrected chi connectivity index (χ4v) is 1.54. The summed E-state index contributed by atoms with van der Waals surface area (Å²) in [6.45, 7) is 3.58. The number of aliphatic carboxylic acids is 1. The molecule has 0 aliphatic heterocycles. The second-order valence-electron chi connectivity index (χ2n) is 3.63. The molecule has 4 nitrogen and oxygen atoms in total. The molecule has 0 amide bonds. The van der Waals surface area contributed by atoms with Crippen molar-refractivity contribution < 1.29 is 19.4 Å². The lowest BCUT2D eigenvalue weighted by Crippen LogP contribution is -2.09. The quantitative estimate of drug-likeness (QED) is 0.625. The van der Waals surface area contributed by atoms with Gasteiger partial charge < -0.3 is 9.84 Å². The van der Waals surface area contributed by atoms with Gasteiger partial charge in [-0.3, -0.25) is 9.59 Å². The number of aryl methyl sites for hydroxylation is 2. The van der Waals surface area contributed by atoms with Gasteiger partial charge >= 0.3 is 5.97 Å². The number of benzene rings is 1. The van der Waals surface area contributed by atoms with E-state index in [0.717, 1.165) is 11.1 Å². The maximum Gasteiger partial charge on any atom is 0.311 e. The third kappa shape index (κ3) is 2.59. The summed E-state index contributed by atoms with van der Waals surface area (Å²) < 4.78 is 5.11. The SMILES string of the molecule is COc1cc(C)c(C(=O)CC(=O)O)cc1C. The van der Waals surface area contributed by atoms with Gasteiger partial charge in [-0.25, -0.2) is 0 Å². The van der Waals surface area contributed by atoms with Gasteiger partial charge in [0, 0.05) is 5.56 Å². The first-order chi connectivity index (χ1) is 7.45. The van der Waals surface area contributed by atoms with Crippen LogP contribution in [0.3, 0.4) is 0 Å². The van der Waals surface area contributed by atoms with Gasteiger partial charge in [0.2, 0.25) is 0 Å². The molecule has 16 heavy (non-hydrogen) atoms. The molecule has 0 aliphatic carbocycles. The van der Waals surface area contributed by atoms with Crippen LogP contribution in [0.5, 0.6) is 5.75 Å². The molecule has 0 radical (unpaired) electrons. The highest BCUT2D eigenvalue weighted by molar-refractivity contribution is 6.06. The Balaban J connectivity index is 3.10. The molecular weight excluding hydrogens is 208 g/mol. The first-order valence-electron chi connectivity index (χ1n) is 4.86. The number of hydrogen-bond donors (Lipinski definition) is 1. The number of ether oxygens (including phenoxy) is 1. The van der Waals surface area contributed by atoms with E-state index in [1.165, 1.54) is 0 Å². The van der Waals surface area contributed by atoms with Crippen LogP contribution in [-0.4, -0.2) is 24.0 Å². The topological polar surface area (TPSA) is 63.6 Å². The Morgan fingerprint density at radius 1 is 1.25 bits per heavy atom. The first-order valence-corrected chi connectivity index (χ1v) is 4.86. The second kappa shape index (κ2) is 4.79. The van der Waals surface area contributed by atoms with Crippen molar-refractivity contribution in [2.75, 3.05) is 7.11 Å². The number of ketones is 1. The molecule has 0 spiro atoms. The van der Waals surface area contributed by atoms with Gasteiger partial charge in [-0.2, -0.15) is 0 Å². The zero-order valence-corrected chi connectivity index (χ0v) is 9.53. The Morgan fingerprint density at radius 3 is 2.38 bits per heavy atom. The molecule has 1 N–H and O–H groups in total. The van der Waals surface area contributed by atoms with Gasteiger partial charge in [0.1, 0.15) is 12.2 Å². The molecular formula is C12H14O4. The number of carboxylic acids is 1. The number of methoxy groups -OCH3 is 1. The highest BCUT2D eigenvalue weighted by atomic mass is 16.5. The Morgan fingerprint density at radius 2 is 1.88 bits per heavy atom. The van der Waals surface area contributed by atoms with Crippen molar-refractivity contribution in [3.05, 3.63) is 28.8 Å². The minimum absolute atomic E-state index is 0.379. The molecule has 0 unspecified atom stereocenters. The zero-order valence-electron chi connectivity index (χ0n) is 9.53. The Hall–Kier alpha value is -1.84. The molecule has 1 aromatic rings. The first kappa shape index (κ1) is 12.2. The molecule has 86 valence electrons. The highest BCUT2D eigenvalue weighted by Crippen LogP contribution is 2.23. The molecule has 0 saturated carbocycles. The Labute approximate surface area is 93.9 Å². The maximum absolute atomic E-state index is 11.6. The number of carbonyl (C=O) groups is 2. The van der Waals surface area contributed by atoms with Crippen molar-refractivity contribution in [1.82, 2.24) is 0 Å². The molecule has 4 heteroatoms. The van der Waals surface area contributed by atoms with Crippen molar-refractivity contribution >= 4 is 11.8 Å². The van der Waals surface area contributed by atoms with Gasteiger partial charge in [0.25, 0.3) is 0 Å². The van der Waals surface area contributed by atoms with Gasteiger partial charge in [-0.1, -0.05) is 0 Å². The van der Waals surface area contributed by atoms with Crippen LogP contribution in [0, 0.1) is 13.8 Å². The molecule has 0 bridgehead atoms. The summed E-state index contributed by atoms with van der Waals surface area (Å²) in [6, 6.07) is 3.41. The minimum Gasteiger partial charge on any atom is -0.496 e. The van der Waals surface area contributed by atoms with Crippen molar-refractivity contribution in [2.45, 2.75) is 20.3 Å². The number of Topliss-reactive ketones (excluding diaryl/α,β-unsaturated/α-hetero) is 1. The fourth-order valence-electron chi connectivity index (χ4n) is 1.54. The van der Waals surface area contributed by atoms with Crippen molar-refractivity contribution in [1.29, 1.82) is 0 Å².